The van der Waals surface area contributed by atoms with Crippen molar-refractivity contribution in [1.82, 2.24) is 19.5 Å². The Morgan fingerprint density at radius 2 is 2.33 bits per heavy atom. The molecule has 128 valence electrons. The number of nitrogen functional groups attached to an aromatic ring is 1. The molecule has 2 saturated heterocycles. The van der Waals surface area contributed by atoms with E-state index in [-0.39, 0.29) is 36.9 Å². The van der Waals surface area contributed by atoms with Gasteiger partial charge in [-0.05, 0) is 6.92 Å². The number of nitrogens with zero attached hydrogens (tertiary/aromatic N) is 4. The minimum Gasteiger partial charge on any atom is -0.476 e. The van der Waals surface area contributed by atoms with Gasteiger partial charge in [-0.2, -0.15) is 9.97 Å². The maximum Gasteiger partial charge on any atom is 0.697 e. The van der Waals surface area contributed by atoms with Crippen molar-refractivity contribution in [2.75, 3.05) is 18.9 Å². The van der Waals surface area contributed by atoms with E-state index >= 15 is 0 Å². The molecule has 2 aliphatic rings. The van der Waals surface area contributed by atoms with Gasteiger partial charge in [-0.1, -0.05) is 6.92 Å². The molecule has 2 fully saturated rings. The maximum absolute atomic E-state index is 11.5. The number of nitrogens with two attached hydrogens (primary N) is 1. The average Bonchev–Trinajstić information content (AvgIpc) is 3.09. The van der Waals surface area contributed by atoms with Gasteiger partial charge in [0.15, 0.2) is 17.3 Å². The van der Waals surface area contributed by atoms with E-state index in [4.69, 9.17) is 24.3 Å². The Kier molecular flexibility index (Phi) is 3.84. The van der Waals surface area contributed by atoms with E-state index in [0.29, 0.717) is 23.7 Å². The third-order valence-electron chi connectivity index (χ3n) is 4.16. The Balaban J connectivity index is 1.73. The molecular formula is C13H17N5O5P+. The first-order valence-corrected chi connectivity index (χ1v) is 8.73. The third kappa shape index (κ3) is 2.42. The minimum atomic E-state index is -2.10. The Bertz CT molecular complexity index is 798. The molecule has 2 aromatic rings. The number of anilines is 1. The quantitative estimate of drug-likeness (QED) is 0.815. The molecule has 0 radical (unpaired) electrons. The number of hydrogen-bond acceptors (Lipinski definition) is 9. The van der Waals surface area contributed by atoms with E-state index in [1.165, 1.54) is 0 Å². The zero-order valence-electron chi connectivity index (χ0n) is 13.2. The van der Waals surface area contributed by atoms with Crippen LogP contribution in [0.2, 0.25) is 0 Å². The Morgan fingerprint density at radius 1 is 1.50 bits per heavy atom. The number of aromatic nitrogens is 4. The molecule has 24 heavy (non-hydrogen) atoms. The molecule has 4 rings (SSSR count). The van der Waals surface area contributed by atoms with E-state index in [1.807, 2.05) is 13.8 Å². The highest BCUT2D eigenvalue weighted by molar-refractivity contribution is 7.33. The monoisotopic (exact) mass is 354 g/mol. The predicted octanol–water partition coefficient (Wildman–Crippen LogP) is 1.41. The highest BCUT2D eigenvalue weighted by atomic mass is 31.1. The number of fused-ring (bicyclic) bond motifs is 2. The zero-order valence-corrected chi connectivity index (χ0v) is 14.1. The molecular weight excluding hydrogens is 337 g/mol. The summed E-state index contributed by atoms with van der Waals surface area (Å²) in [4.78, 5) is 12.7. The summed E-state index contributed by atoms with van der Waals surface area (Å²) < 4.78 is 35.2. The van der Waals surface area contributed by atoms with Crippen LogP contribution < -0.4 is 10.5 Å². The van der Waals surface area contributed by atoms with Gasteiger partial charge in [0.25, 0.3) is 0 Å². The molecule has 0 aromatic carbocycles. The van der Waals surface area contributed by atoms with Crippen LogP contribution in [0.15, 0.2) is 6.33 Å². The van der Waals surface area contributed by atoms with Gasteiger partial charge in [0.2, 0.25) is 11.8 Å². The summed E-state index contributed by atoms with van der Waals surface area (Å²) in [7, 11) is -2.10. The van der Waals surface area contributed by atoms with E-state index < -0.39 is 8.25 Å². The minimum absolute atomic E-state index is 0.0676. The summed E-state index contributed by atoms with van der Waals surface area (Å²) in [6.45, 7) is 4.49. The number of ether oxygens (including phenoxy) is 2. The van der Waals surface area contributed by atoms with Crippen LogP contribution in [0.3, 0.4) is 0 Å². The van der Waals surface area contributed by atoms with Crippen LogP contribution in [0.1, 0.15) is 20.1 Å². The van der Waals surface area contributed by atoms with Crippen LogP contribution in [0.5, 0.6) is 5.88 Å². The van der Waals surface area contributed by atoms with Crippen molar-refractivity contribution in [1.29, 1.82) is 0 Å². The zero-order chi connectivity index (χ0) is 16.8. The summed E-state index contributed by atoms with van der Waals surface area (Å²) in [5.74, 6) is 0.366. The van der Waals surface area contributed by atoms with Crippen molar-refractivity contribution in [3.05, 3.63) is 6.33 Å². The average molecular weight is 354 g/mol. The number of hydrogen-bond donors (Lipinski definition) is 1. The third-order valence-corrected chi connectivity index (χ3v) is 4.94. The molecule has 11 heteroatoms. The summed E-state index contributed by atoms with van der Waals surface area (Å²) in [5, 5.41) is 0. The van der Waals surface area contributed by atoms with Crippen molar-refractivity contribution < 1.29 is 23.1 Å². The highest BCUT2D eigenvalue weighted by Crippen LogP contribution is 2.46. The second kappa shape index (κ2) is 5.89. The van der Waals surface area contributed by atoms with Crippen LogP contribution in [0, 0.1) is 5.92 Å². The summed E-state index contributed by atoms with van der Waals surface area (Å²) in [5.41, 5.74) is 6.82. The van der Waals surface area contributed by atoms with Crippen molar-refractivity contribution in [3.8, 4) is 5.88 Å². The van der Waals surface area contributed by atoms with Crippen LogP contribution >= 0.6 is 8.25 Å². The van der Waals surface area contributed by atoms with E-state index in [0.717, 1.165) is 0 Å². The van der Waals surface area contributed by atoms with Crippen LogP contribution in [0.4, 0.5) is 5.95 Å². The molecule has 2 N–H and O–H groups in total. The molecule has 0 spiro atoms. The molecule has 0 saturated carbocycles. The van der Waals surface area contributed by atoms with Crippen molar-refractivity contribution in [2.24, 2.45) is 5.92 Å². The molecule has 2 aliphatic heterocycles. The largest absolute Gasteiger partial charge is 0.697 e. The fourth-order valence-corrected chi connectivity index (χ4v) is 3.95. The normalized spacial score (nSPS) is 31.3. The van der Waals surface area contributed by atoms with Gasteiger partial charge in [0.1, 0.15) is 18.9 Å². The Hall–Kier alpha value is -1.87. The van der Waals surface area contributed by atoms with Crippen molar-refractivity contribution in [3.63, 3.8) is 0 Å². The van der Waals surface area contributed by atoms with E-state index in [2.05, 4.69) is 15.0 Å². The lowest BCUT2D eigenvalue weighted by Crippen LogP contribution is -2.33. The maximum atomic E-state index is 11.5. The van der Waals surface area contributed by atoms with Gasteiger partial charge in [0, 0.05) is 10.5 Å². The smallest absolute Gasteiger partial charge is 0.476 e. The van der Waals surface area contributed by atoms with E-state index in [1.54, 1.807) is 10.9 Å². The van der Waals surface area contributed by atoms with Crippen molar-refractivity contribution in [2.45, 2.75) is 32.3 Å². The topological polar surface area (TPSA) is 124 Å². The van der Waals surface area contributed by atoms with Gasteiger partial charge in [-0.15, -0.1) is 9.05 Å². The summed E-state index contributed by atoms with van der Waals surface area (Å²) >= 11 is 0. The van der Waals surface area contributed by atoms with Gasteiger partial charge < -0.3 is 15.2 Å². The predicted molar refractivity (Wildman–Crippen MR) is 82.4 cm³/mol. The van der Waals surface area contributed by atoms with Crippen LogP contribution in [-0.4, -0.2) is 44.9 Å². The molecule has 1 unspecified atom stereocenters. The fraction of sp³-hybridized carbons (Fsp3) is 0.615. The first-order valence-electron chi connectivity index (χ1n) is 7.63. The second-order valence-corrected chi connectivity index (χ2v) is 6.57. The summed E-state index contributed by atoms with van der Waals surface area (Å²) in [6, 6.07) is 0. The first-order chi connectivity index (χ1) is 11.6. The SMILES string of the molecule is CCOc1nc(N)nc2c1ncn2[C@@H]1O[C@@H]2CO[P+](=O)O[C@H]2[C@@H]1C. The van der Waals surface area contributed by atoms with E-state index in [9.17, 15) is 4.57 Å². The lowest BCUT2D eigenvalue weighted by atomic mass is 10.0. The highest BCUT2D eigenvalue weighted by Gasteiger charge is 2.53. The fourth-order valence-electron chi connectivity index (χ4n) is 3.09. The first kappa shape index (κ1) is 15.6. The molecule has 4 heterocycles. The lowest BCUT2D eigenvalue weighted by Gasteiger charge is -2.17. The Labute approximate surface area is 138 Å². The van der Waals surface area contributed by atoms with Gasteiger partial charge in [0.05, 0.1) is 12.9 Å². The number of rotatable bonds is 3. The van der Waals surface area contributed by atoms with Gasteiger partial charge in [-0.3, -0.25) is 4.57 Å². The van der Waals surface area contributed by atoms with Gasteiger partial charge in [-0.25, -0.2) is 4.98 Å². The molecule has 0 amide bonds. The second-order valence-electron chi connectivity index (χ2n) is 5.66. The van der Waals surface area contributed by atoms with Crippen molar-refractivity contribution >= 4 is 25.4 Å². The molecule has 5 atom stereocenters. The standard InChI is InChI=1S/C13H17N5O5P/c1-3-20-11-8-10(16-13(14)17-11)18(5-15-8)12-6(2)9-7(22-12)4-21-24(19)23-9/h5-7,9,12H,3-4H2,1-2H3,(H2,14,16,17)/q+1/t6-,7+,9-,12+/m0/s1. The van der Waals surface area contributed by atoms with Gasteiger partial charge >= 0.3 is 8.25 Å². The molecule has 0 bridgehead atoms. The molecule has 10 nitrogen and oxygen atoms in total. The lowest BCUT2D eigenvalue weighted by molar-refractivity contribution is -0.0529. The number of imidazole rings is 1. The Morgan fingerprint density at radius 3 is 3.12 bits per heavy atom. The van der Waals surface area contributed by atoms with Crippen LogP contribution in [0.25, 0.3) is 11.2 Å². The van der Waals surface area contributed by atoms with Crippen LogP contribution in [-0.2, 0) is 18.3 Å². The molecule has 2 aromatic heterocycles. The summed E-state index contributed by atoms with van der Waals surface area (Å²) in [6.07, 6.45) is 0.621. The molecule has 0 aliphatic carbocycles.